The summed E-state index contributed by atoms with van der Waals surface area (Å²) in [6, 6.07) is 11.8. The van der Waals surface area contributed by atoms with Gasteiger partial charge in [-0.3, -0.25) is 4.79 Å². The van der Waals surface area contributed by atoms with E-state index in [4.69, 9.17) is 12.2 Å². The summed E-state index contributed by atoms with van der Waals surface area (Å²) in [7, 11) is 2.03. The third-order valence-corrected chi connectivity index (χ3v) is 6.74. The quantitative estimate of drug-likeness (QED) is 0.371. The van der Waals surface area contributed by atoms with Crippen LogP contribution in [0.5, 0.6) is 5.75 Å². The number of phenolic OH excluding ortho intramolecular Hbond substituents is 1. The number of aromatic hydroxyl groups is 1. The van der Waals surface area contributed by atoms with Gasteiger partial charge in [0, 0.05) is 42.1 Å². The van der Waals surface area contributed by atoms with Gasteiger partial charge in [-0.25, -0.2) is 0 Å². The van der Waals surface area contributed by atoms with E-state index in [-0.39, 0.29) is 11.9 Å². The molecule has 0 unspecified atom stereocenters. The molecule has 34 heavy (non-hydrogen) atoms. The fourth-order valence-electron chi connectivity index (χ4n) is 4.54. The Morgan fingerprint density at radius 1 is 1.18 bits per heavy atom. The first-order valence-corrected chi connectivity index (χ1v) is 12.6. The van der Waals surface area contributed by atoms with Crippen LogP contribution in [-0.2, 0) is 6.54 Å². The Bertz CT molecular complexity index is 1040. The number of nitrogens with zero attached hydrogens (tertiary/aromatic N) is 1. The highest BCUT2D eigenvalue weighted by Gasteiger charge is 2.21. The average Bonchev–Trinajstić information content (AvgIpc) is 2.81. The number of thiocarbonyl (C=S) groups is 1. The van der Waals surface area contributed by atoms with Crippen LogP contribution in [-0.4, -0.2) is 34.5 Å². The van der Waals surface area contributed by atoms with Crippen molar-refractivity contribution < 1.29 is 9.90 Å². The molecule has 3 rings (SSSR count). The number of amides is 1. The lowest BCUT2D eigenvalue weighted by Crippen LogP contribution is -2.37. The van der Waals surface area contributed by atoms with E-state index in [0.29, 0.717) is 17.9 Å². The monoisotopic (exact) mass is 479 g/mol. The molecule has 0 aliphatic heterocycles. The number of benzene rings is 2. The van der Waals surface area contributed by atoms with Gasteiger partial charge in [0.05, 0.1) is 5.49 Å². The fourth-order valence-corrected chi connectivity index (χ4v) is 4.67. The van der Waals surface area contributed by atoms with Crippen molar-refractivity contribution in [2.45, 2.75) is 65.5 Å². The number of anilines is 1. The molecule has 0 atom stereocenters. The van der Waals surface area contributed by atoms with Gasteiger partial charge in [-0.2, -0.15) is 0 Å². The Kier molecular flexibility index (Phi) is 9.11. The van der Waals surface area contributed by atoms with Crippen molar-refractivity contribution in [3.63, 3.8) is 0 Å². The largest absolute Gasteiger partial charge is 0.508 e. The van der Waals surface area contributed by atoms with Crippen LogP contribution >= 0.6 is 12.2 Å². The molecule has 0 saturated heterocycles. The van der Waals surface area contributed by atoms with Crippen LogP contribution < -0.4 is 10.6 Å². The molecule has 182 valence electrons. The second kappa shape index (κ2) is 12.0. The van der Waals surface area contributed by atoms with Gasteiger partial charge < -0.3 is 20.6 Å². The van der Waals surface area contributed by atoms with Crippen LogP contribution in [0.1, 0.15) is 73.0 Å². The van der Waals surface area contributed by atoms with E-state index in [2.05, 4.69) is 35.5 Å². The van der Waals surface area contributed by atoms with E-state index < -0.39 is 0 Å². The first kappa shape index (κ1) is 25.8. The summed E-state index contributed by atoms with van der Waals surface area (Å²) in [6.45, 7) is 6.91. The minimum atomic E-state index is -0.0389. The van der Waals surface area contributed by atoms with Crippen LogP contribution in [0.25, 0.3) is 5.70 Å². The van der Waals surface area contributed by atoms with Crippen LogP contribution in [0.2, 0.25) is 0 Å². The number of hydrogen-bond donors (Lipinski definition) is 3. The number of carbonyl (C=O) groups is 1. The summed E-state index contributed by atoms with van der Waals surface area (Å²) in [4.78, 5) is 15.1. The molecule has 1 aliphatic carbocycles. The Hall–Kier alpha value is -2.86. The van der Waals surface area contributed by atoms with Gasteiger partial charge in [-0.1, -0.05) is 50.3 Å². The van der Waals surface area contributed by atoms with Crippen LogP contribution in [0.15, 0.2) is 42.5 Å². The minimum Gasteiger partial charge on any atom is -0.508 e. The maximum absolute atomic E-state index is 13.0. The van der Waals surface area contributed by atoms with Gasteiger partial charge in [-0.05, 0) is 74.3 Å². The number of allylic oxidation sites excluding steroid dienone is 1. The highest BCUT2D eigenvalue weighted by molar-refractivity contribution is 7.79. The maximum atomic E-state index is 13.0. The molecule has 0 spiro atoms. The highest BCUT2D eigenvalue weighted by atomic mass is 32.1. The van der Waals surface area contributed by atoms with Crippen LogP contribution in [0.3, 0.4) is 0 Å². The van der Waals surface area contributed by atoms with Gasteiger partial charge in [0.2, 0.25) is 0 Å². The number of phenols is 1. The first-order chi connectivity index (χ1) is 16.3. The summed E-state index contributed by atoms with van der Waals surface area (Å²) in [5.74, 6) is 1.01. The molecule has 6 heteroatoms. The van der Waals surface area contributed by atoms with Crippen molar-refractivity contribution in [1.82, 2.24) is 10.2 Å². The van der Waals surface area contributed by atoms with Gasteiger partial charge >= 0.3 is 0 Å². The molecule has 1 aliphatic rings. The summed E-state index contributed by atoms with van der Waals surface area (Å²) >= 11 is 5.10. The standard InChI is InChI=1S/C28H37N3O2S/c1-5-6-26(31(4)17-21-10-9-20(3)27(32)15-21)24-14-11-22(16-25(24)29-18-34)28(33)30-23-12-7-19(2)8-13-23/h6,9-11,14-16,18-19,23,32H,5,7-8,12-13,17H2,1-4H3,(H,29,34)(H,30,33)/b26-6-. The summed E-state index contributed by atoms with van der Waals surface area (Å²) in [5.41, 5.74) is 6.81. The third kappa shape index (κ3) is 6.60. The van der Waals surface area contributed by atoms with Crippen molar-refractivity contribution in [3.8, 4) is 5.75 Å². The molecule has 1 fully saturated rings. The van der Waals surface area contributed by atoms with Crippen molar-refractivity contribution in [1.29, 1.82) is 0 Å². The zero-order valence-corrected chi connectivity index (χ0v) is 21.5. The van der Waals surface area contributed by atoms with E-state index >= 15 is 0 Å². The summed E-state index contributed by atoms with van der Waals surface area (Å²) < 4.78 is 0. The van der Waals surface area contributed by atoms with E-state index in [1.165, 1.54) is 5.49 Å². The number of nitrogens with one attached hydrogen (secondary N) is 2. The highest BCUT2D eigenvalue weighted by Crippen LogP contribution is 2.30. The number of rotatable bonds is 9. The zero-order valence-electron chi connectivity index (χ0n) is 20.7. The second-order valence-corrected chi connectivity index (χ2v) is 9.66. The van der Waals surface area contributed by atoms with Gasteiger partial charge in [0.1, 0.15) is 5.75 Å². The average molecular weight is 480 g/mol. The molecule has 5 nitrogen and oxygen atoms in total. The Morgan fingerprint density at radius 2 is 1.91 bits per heavy atom. The topological polar surface area (TPSA) is 64.6 Å². The number of hydrogen-bond acceptors (Lipinski definition) is 4. The minimum absolute atomic E-state index is 0.0389. The van der Waals surface area contributed by atoms with E-state index in [0.717, 1.165) is 66.1 Å². The molecule has 1 saturated carbocycles. The smallest absolute Gasteiger partial charge is 0.251 e. The zero-order chi connectivity index (χ0) is 24.7. The van der Waals surface area contributed by atoms with Crippen molar-refractivity contribution in [2.75, 3.05) is 12.4 Å². The van der Waals surface area contributed by atoms with E-state index in [9.17, 15) is 9.90 Å². The SMILES string of the molecule is CC/C=C(/c1ccc(C(=O)NC2CCC(C)CC2)cc1NC=S)N(C)Cc1ccc(C)c(O)c1. The first-order valence-electron chi connectivity index (χ1n) is 12.2. The predicted octanol–water partition coefficient (Wildman–Crippen LogP) is 6.26. The fraction of sp³-hybridized carbons (Fsp3) is 0.429. The predicted molar refractivity (Wildman–Crippen MR) is 145 cm³/mol. The molecule has 1 amide bonds. The number of carbonyl (C=O) groups excluding carboxylic acids is 1. The van der Waals surface area contributed by atoms with Crippen LogP contribution in [0.4, 0.5) is 5.69 Å². The normalized spacial score (nSPS) is 18.3. The molecular weight excluding hydrogens is 442 g/mol. The molecule has 2 aromatic carbocycles. The Balaban J connectivity index is 1.83. The molecule has 0 heterocycles. The van der Waals surface area contributed by atoms with Gasteiger partial charge in [0.25, 0.3) is 5.91 Å². The molecule has 2 aromatic rings. The molecule has 0 bridgehead atoms. The molecule has 3 N–H and O–H groups in total. The summed E-state index contributed by atoms with van der Waals surface area (Å²) in [6.07, 6.45) is 7.44. The third-order valence-electron chi connectivity index (χ3n) is 6.63. The van der Waals surface area contributed by atoms with Crippen LogP contribution in [0, 0.1) is 12.8 Å². The van der Waals surface area contributed by atoms with Crippen molar-refractivity contribution in [3.05, 3.63) is 64.7 Å². The lowest BCUT2D eigenvalue weighted by atomic mass is 9.87. The van der Waals surface area contributed by atoms with E-state index in [1.54, 1.807) is 0 Å². The van der Waals surface area contributed by atoms with Crippen molar-refractivity contribution in [2.24, 2.45) is 5.92 Å². The van der Waals surface area contributed by atoms with Gasteiger partial charge in [0.15, 0.2) is 0 Å². The van der Waals surface area contributed by atoms with E-state index in [1.807, 2.05) is 50.4 Å². The van der Waals surface area contributed by atoms with Crippen molar-refractivity contribution >= 4 is 35.0 Å². The lowest BCUT2D eigenvalue weighted by molar-refractivity contribution is 0.0923. The molecular formula is C28H37N3O2S. The number of aryl methyl sites for hydroxylation is 1. The van der Waals surface area contributed by atoms with Gasteiger partial charge in [-0.15, -0.1) is 0 Å². The second-order valence-electron chi connectivity index (χ2n) is 9.43. The Labute approximate surface area is 209 Å². The Morgan fingerprint density at radius 3 is 2.56 bits per heavy atom. The molecule has 0 radical (unpaired) electrons. The molecule has 0 aromatic heterocycles. The summed E-state index contributed by atoms with van der Waals surface area (Å²) in [5, 5.41) is 16.5. The maximum Gasteiger partial charge on any atom is 0.251 e. The lowest BCUT2D eigenvalue weighted by Gasteiger charge is -2.27.